The number of hydrogen-bond donors (Lipinski definition) is 1. The monoisotopic (exact) mass is 468 g/mol. The molecule has 0 amide bonds. The Morgan fingerprint density at radius 2 is 1.60 bits per heavy atom. The summed E-state index contributed by atoms with van der Waals surface area (Å²) in [5, 5.41) is 3.51. The molecule has 136 valence electrons. The van der Waals surface area contributed by atoms with Crippen molar-refractivity contribution in [3.63, 3.8) is 0 Å². The van der Waals surface area contributed by atoms with Crippen molar-refractivity contribution in [1.82, 2.24) is 10.2 Å². The summed E-state index contributed by atoms with van der Waals surface area (Å²) in [6.07, 6.45) is 0. The smallest absolute Gasteiger partial charge is 0.148 e. The molecule has 0 unspecified atom stereocenters. The van der Waals surface area contributed by atoms with Gasteiger partial charge in [0.25, 0.3) is 0 Å². The summed E-state index contributed by atoms with van der Waals surface area (Å²) in [5.41, 5.74) is 2.38. The van der Waals surface area contributed by atoms with Gasteiger partial charge < -0.3 is 15.0 Å². The van der Waals surface area contributed by atoms with Crippen LogP contribution in [0.1, 0.15) is 25.0 Å². The molecule has 0 aliphatic heterocycles. The van der Waals surface area contributed by atoms with Crippen LogP contribution in [0.4, 0.5) is 0 Å². The first-order valence-corrected chi connectivity index (χ1v) is 10.3. The average molecular weight is 470 g/mol. The van der Waals surface area contributed by atoms with Crippen LogP contribution in [0.25, 0.3) is 0 Å². The van der Waals surface area contributed by atoms with Crippen molar-refractivity contribution in [1.29, 1.82) is 0 Å². The zero-order valence-electron chi connectivity index (χ0n) is 14.9. The van der Waals surface area contributed by atoms with E-state index < -0.39 is 0 Å². The van der Waals surface area contributed by atoms with E-state index in [9.17, 15) is 0 Å². The van der Waals surface area contributed by atoms with E-state index in [1.54, 1.807) is 0 Å². The molecule has 0 bridgehead atoms. The van der Waals surface area contributed by atoms with E-state index in [4.69, 9.17) is 4.74 Å². The molecule has 2 aromatic carbocycles. The minimum atomic E-state index is 0.555. The molecule has 0 aromatic heterocycles. The van der Waals surface area contributed by atoms with Crippen LogP contribution in [0.15, 0.2) is 51.4 Å². The molecule has 3 nitrogen and oxygen atoms in total. The molecule has 0 aliphatic carbocycles. The molecule has 0 aliphatic rings. The van der Waals surface area contributed by atoms with E-state index in [1.165, 1.54) is 5.56 Å². The Labute approximate surface area is 168 Å². The van der Waals surface area contributed by atoms with Gasteiger partial charge in [-0.25, -0.2) is 0 Å². The summed E-state index contributed by atoms with van der Waals surface area (Å²) in [6, 6.07) is 14.4. The fraction of sp³-hybridized carbons (Fsp3) is 0.400. The van der Waals surface area contributed by atoms with E-state index >= 15 is 0 Å². The molecule has 5 heteroatoms. The molecule has 0 fully saturated rings. The zero-order valence-corrected chi connectivity index (χ0v) is 18.1. The first-order valence-electron chi connectivity index (χ1n) is 8.71. The molecule has 0 saturated carbocycles. The molecule has 0 saturated heterocycles. The standard InChI is InChI=1S/C20H26Br2N2O/c1-3-24(4-2)11-10-23-14-17-12-18(21)20(19(22)13-17)25-15-16-8-6-5-7-9-16/h5-9,12-13,23H,3-4,10-11,14-15H2,1-2H3. The molecule has 25 heavy (non-hydrogen) atoms. The molecule has 1 N–H and O–H groups in total. The van der Waals surface area contributed by atoms with Crippen molar-refractivity contribution in [3.8, 4) is 5.75 Å². The van der Waals surface area contributed by atoms with Crippen molar-refractivity contribution >= 4 is 31.9 Å². The lowest BCUT2D eigenvalue weighted by molar-refractivity contribution is 0.301. The van der Waals surface area contributed by atoms with Crippen molar-refractivity contribution in [3.05, 3.63) is 62.5 Å². The third-order valence-electron chi connectivity index (χ3n) is 4.11. The van der Waals surface area contributed by atoms with Gasteiger partial charge in [-0.15, -0.1) is 0 Å². The van der Waals surface area contributed by atoms with Crippen LogP contribution in [0, 0.1) is 0 Å². The predicted molar refractivity (Wildman–Crippen MR) is 112 cm³/mol. The fourth-order valence-electron chi connectivity index (χ4n) is 2.59. The van der Waals surface area contributed by atoms with E-state index in [0.717, 1.165) is 53.0 Å². The number of likely N-dealkylation sites (N-methyl/N-ethyl adjacent to an activating group) is 1. The van der Waals surface area contributed by atoms with Crippen molar-refractivity contribution < 1.29 is 4.74 Å². The number of ether oxygens (including phenoxy) is 1. The van der Waals surface area contributed by atoms with E-state index in [-0.39, 0.29) is 0 Å². The number of nitrogens with zero attached hydrogens (tertiary/aromatic N) is 1. The summed E-state index contributed by atoms with van der Waals surface area (Å²) >= 11 is 7.27. The molecule has 0 spiro atoms. The van der Waals surface area contributed by atoms with Crippen LogP contribution >= 0.6 is 31.9 Å². The molecule has 2 rings (SSSR count). The molecule has 0 atom stereocenters. The quantitative estimate of drug-likeness (QED) is 0.482. The van der Waals surface area contributed by atoms with Crippen molar-refractivity contribution in [2.24, 2.45) is 0 Å². The van der Waals surface area contributed by atoms with E-state index in [2.05, 4.69) is 80.2 Å². The lowest BCUT2D eigenvalue weighted by Crippen LogP contribution is -2.31. The Bertz CT molecular complexity index is 622. The SMILES string of the molecule is CCN(CC)CCNCc1cc(Br)c(OCc2ccccc2)c(Br)c1. The maximum absolute atomic E-state index is 5.97. The molecule has 0 radical (unpaired) electrons. The summed E-state index contributed by atoms with van der Waals surface area (Å²) in [4.78, 5) is 2.42. The molecular formula is C20H26Br2N2O. The lowest BCUT2D eigenvalue weighted by atomic mass is 10.2. The van der Waals surface area contributed by atoms with Gasteiger partial charge in [0.1, 0.15) is 12.4 Å². The first kappa shape index (κ1) is 20.4. The van der Waals surface area contributed by atoms with Crippen LogP contribution in [0.3, 0.4) is 0 Å². The third kappa shape index (κ3) is 6.74. The Morgan fingerprint density at radius 3 is 2.20 bits per heavy atom. The van der Waals surface area contributed by atoms with Gasteiger partial charge in [-0.2, -0.15) is 0 Å². The second-order valence-electron chi connectivity index (χ2n) is 5.87. The first-order chi connectivity index (χ1) is 12.1. The maximum Gasteiger partial charge on any atom is 0.148 e. The number of nitrogens with one attached hydrogen (secondary N) is 1. The van der Waals surface area contributed by atoms with Crippen LogP contribution in [0.5, 0.6) is 5.75 Å². The van der Waals surface area contributed by atoms with Crippen LogP contribution in [0.2, 0.25) is 0 Å². The Morgan fingerprint density at radius 1 is 0.960 bits per heavy atom. The van der Waals surface area contributed by atoms with Gasteiger partial charge in [0, 0.05) is 19.6 Å². The van der Waals surface area contributed by atoms with Gasteiger partial charge in [0.05, 0.1) is 8.95 Å². The lowest BCUT2D eigenvalue weighted by Gasteiger charge is -2.18. The summed E-state index contributed by atoms with van der Waals surface area (Å²) in [7, 11) is 0. The van der Waals surface area contributed by atoms with E-state index in [1.807, 2.05) is 18.2 Å². The summed E-state index contributed by atoms with van der Waals surface area (Å²) < 4.78 is 7.92. The summed E-state index contributed by atoms with van der Waals surface area (Å²) in [5.74, 6) is 0.843. The Hall–Kier alpha value is -0.880. The Kier molecular flexibility index (Phi) is 8.96. The number of rotatable bonds is 10. The minimum absolute atomic E-state index is 0.555. The highest BCUT2D eigenvalue weighted by Gasteiger charge is 2.09. The highest BCUT2D eigenvalue weighted by atomic mass is 79.9. The van der Waals surface area contributed by atoms with Crippen LogP contribution in [-0.4, -0.2) is 31.1 Å². The molecule has 0 heterocycles. The van der Waals surface area contributed by atoms with Crippen molar-refractivity contribution in [2.75, 3.05) is 26.2 Å². The fourth-order valence-corrected chi connectivity index (χ4v) is 4.10. The third-order valence-corrected chi connectivity index (χ3v) is 5.29. The number of hydrogen-bond acceptors (Lipinski definition) is 3. The highest BCUT2D eigenvalue weighted by molar-refractivity contribution is 9.11. The average Bonchev–Trinajstić information content (AvgIpc) is 2.62. The van der Waals surface area contributed by atoms with Gasteiger partial charge in [-0.3, -0.25) is 0 Å². The number of halogens is 2. The minimum Gasteiger partial charge on any atom is -0.487 e. The molecular weight excluding hydrogens is 444 g/mol. The Balaban J connectivity index is 1.88. The normalized spacial score (nSPS) is 11.1. The molecule has 2 aromatic rings. The van der Waals surface area contributed by atoms with Gasteiger partial charge >= 0.3 is 0 Å². The van der Waals surface area contributed by atoms with Gasteiger partial charge in [-0.1, -0.05) is 44.2 Å². The topological polar surface area (TPSA) is 24.5 Å². The number of benzene rings is 2. The second kappa shape index (κ2) is 11.0. The van der Waals surface area contributed by atoms with Crippen LogP contribution < -0.4 is 10.1 Å². The van der Waals surface area contributed by atoms with Crippen molar-refractivity contribution in [2.45, 2.75) is 27.0 Å². The van der Waals surface area contributed by atoms with Crippen LogP contribution in [-0.2, 0) is 13.2 Å². The second-order valence-corrected chi connectivity index (χ2v) is 7.58. The van der Waals surface area contributed by atoms with Gasteiger partial charge in [0.15, 0.2) is 0 Å². The van der Waals surface area contributed by atoms with E-state index in [0.29, 0.717) is 6.61 Å². The maximum atomic E-state index is 5.97. The van der Waals surface area contributed by atoms with Gasteiger partial charge in [0.2, 0.25) is 0 Å². The summed E-state index contributed by atoms with van der Waals surface area (Å²) in [6.45, 7) is 10.1. The highest BCUT2D eigenvalue weighted by Crippen LogP contribution is 2.35. The predicted octanol–water partition coefficient (Wildman–Crippen LogP) is 5.22. The van der Waals surface area contributed by atoms with Gasteiger partial charge in [-0.05, 0) is 68.2 Å². The largest absolute Gasteiger partial charge is 0.487 e. The zero-order chi connectivity index (χ0) is 18.1.